The topological polar surface area (TPSA) is 83.5 Å². The van der Waals surface area contributed by atoms with Crippen LogP contribution >= 0.6 is 0 Å². The first kappa shape index (κ1) is 19.6. The van der Waals surface area contributed by atoms with Crippen molar-refractivity contribution < 1.29 is 14.1 Å². The van der Waals surface area contributed by atoms with Crippen molar-refractivity contribution in [1.29, 1.82) is 0 Å². The van der Waals surface area contributed by atoms with Crippen molar-refractivity contribution in [3.8, 4) is 11.5 Å². The molecule has 4 aromatic rings. The molecule has 3 aromatic carbocycles. The van der Waals surface area contributed by atoms with E-state index in [2.05, 4.69) is 20.9 Å². The number of phenolic OH excluding ortho intramolecular Hbond substituents is 1. The number of benzene rings is 3. The normalized spacial score (nSPS) is 12.8. The van der Waals surface area contributed by atoms with Crippen molar-refractivity contribution in [2.75, 3.05) is 17.1 Å². The number of phenols is 1. The maximum atomic E-state index is 13.1. The zero-order chi connectivity index (χ0) is 21.1. The van der Waals surface area contributed by atoms with E-state index in [0.29, 0.717) is 22.0 Å². The van der Waals surface area contributed by atoms with Gasteiger partial charge in [0.25, 0.3) is 0 Å². The van der Waals surface area contributed by atoms with Gasteiger partial charge in [0.1, 0.15) is 11.5 Å². The van der Waals surface area contributed by atoms with E-state index in [1.54, 1.807) is 37.6 Å². The molecule has 0 spiro atoms. The van der Waals surface area contributed by atoms with Gasteiger partial charge in [-0.1, -0.05) is 18.2 Å². The van der Waals surface area contributed by atoms with E-state index in [1.807, 2.05) is 42.5 Å². The monoisotopic (exact) mass is 419 g/mol. The van der Waals surface area contributed by atoms with E-state index in [9.17, 15) is 9.32 Å². The van der Waals surface area contributed by atoms with Crippen molar-refractivity contribution in [2.24, 2.45) is 0 Å². The minimum atomic E-state index is -2.71. The Hall–Kier alpha value is -3.71. The molecule has 1 heterocycles. The van der Waals surface area contributed by atoms with Crippen LogP contribution in [-0.2, 0) is 9.71 Å². The maximum Gasteiger partial charge on any atom is 0.124 e. The number of anilines is 3. The first-order chi connectivity index (χ1) is 14.4. The van der Waals surface area contributed by atoms with Crippen molar-refractivity contribution in [3.63, 3.8) is 0 Å². The molecule has 3 N–H and O–H groups in total. The van der Waals surface area contributed by atoms with E-state index in [1.165, 1.54) is 6.07 Å². The molecule has 0 aliphatic carbocycles. The highest BCUT2D eigenvalue weighted by Gasteiger charge is 2.10. The Morgan fingerprint density at radius 2 is 1.80 bits per heavy atom. The zero-order valence-corrected chi connectivity index (χ0v) is 17.1. The molecular formula is C23H21N3O3S. The van der Waals surface area contributed by atoms with Gasteiger partial charge in [-0.25, -0.2) is 4.21 Å². The van der Waals surface area contributed by atoms with Crippen molar-refractivity contribution in [2.45, 2.75) is 4.90 Å². The van der Waals surface area contributed by atoms with Gasteiger partial charge in [-0.15, -0.1) is 0 Å². The second kappa shape index (κ2) is 7.96. The van der Waals surface area contributed by atoms with E-state index < -0.39 is 9.71 Å². The molecule has 30 heavy (non-hydrogen) atoms. The second-order valence-corrected chi connectivity index (χ2v) is 8.75. The highest BCUT2D eigenvalue weighted by molar-refractivity contribution is 8.01. The Bertz CT molecular complexity index is 1310. The number of rotatable bonds is 6. The van der Waals surface area contributed by atoms with Gasteiger partial charge in [-0.05, 0) is 42.3 Å². The number of ether oxygens (including phenoxy) is 1. The van der Waals surface area contributed by atoms with Crippen LogP contribution < -0.4 is 14.8 Å². The van der Waals surface area contributed by atoms with Crippen LogP contribution in [-0.4, -0.2) is 27.3 Å². The molecule has 1 atom stereocenters. The minimum absolute atomic E-state index is 0.0947. The maximum absolute atomic E-state index is 13.1. The summed E-state index contributed by atoms with van der Waals surface area (Å²) in [6, 6.07) is 21.4. The molecule has 0 saturated heterocycles. The van der Waals surface area contributed by atoms with Gasteiger partial charge in [0.15, 0.2) is 0 Å². The molecule has 0 fully saturated rings. The lowest BCUT2D eigenvalue weighted by molar-refractivity contribution is 0.408. The third-order valence-electron chi connectivity index (χ3n) is 4.55. The van der Waals surface area contributed by atoms with Crippen LogP contribution in [0.2, 0.25) is 0 Å². The number of hydrogen-bond donors (Lipinski definition) is 3. The molecule has 0 saturated carbocycles. The SMILES string of the molecule is C=S(=O)(Nc1ccc2nccc(Nc3cc(O)cc(OC)c3)c2c1)c1ccccc1. The average Bonchev–Trinajstić information content (AvgIpc) is 2.74. The standard InChI is InChI=1S/C23H21N3O3S/c1-29-19-13-17(12-18(27)15-19)25-23-10-11-24-22-9-8-16(14-21(22)23)26-30(2,28)20-6-4-3-5-7-20/h3-15,27H,2H2,1H3,(H,24,25)(H,26,28). The van der Waals surface area contributed by atoms with Crippen LogP contribution in [0.4, 0.5) is 17.1 Å². The van der Waals surface area contributed by atoms with Gasteiger partial charge in [-0.2, -0.15) is 0 Å². The van der Waals surface area contributed by atoms with Crippen molar-refractivity contribution in [1.82, 2.24) is 4.98 Å². The Morgan fingerprint density at radius 3 is 2.57 bits per heavy atom. The summed E-state index contributed by atoms with van der Waals surface area (Å²) in [6.07, 6.45) is 1.70. The highest BCUT2D eigenvalue weighted by Crippen LogP contribution is 2.31. The molecule has 7 heteroatoms. The van der Waals surface area contributed by atoms with Crippen molar-refractivity contribution >= 4 is 43.5 Å². The summed E-state index contributed by atoms with van der Waals surface area (Å²) in [5.41, 5.74) is 2.89. The zero-order valence-electron chi connectivity index (χ0n) is 16.3. The molecule has 0 amide bonds. The van der Waals surface area contributed by atoms with Gasteiger partial charge in [0.2, 0.25) is 0 Å². The van der Waals surface area contributed by atoms with Crippen LogP contribution in [0.15, 0.2) is 83.9 Å². The smallest absolute Gasteiger partial charge is 0.124 e. The fraction of sp³-hybridized carbons (Fsp3) is 0.0435. The third-order valence-corrected chi connectivity index (χ3v) is 6.15. The highest BCUT2D eigenvalue weighted by atomic mass is 32.2. The number of aromatic nitrogens is 1. The van der Waals surface area contributed by atoms with Crippen LogP contribution in [0.3, 0.4) is 0 Å². The molecule has 1 unspecified atom stereocenters. The van der Waals surface area contributed by atoms with Crippen LogP contribution in [0.1, 0.15) is 0 Å². The molecule has 0 bridgehead atoms. The molecule has 0 aliphatic heterocycles. The van der Waals surface area contributed by atoms with Gasteiger partial charge in [0.05, 0.1) is 22.3 Å². The fourth-order valence-corrected chi connectivity index (χ4v) is 4.36. The van der Waals surface area contributed by atoms with E-state index >= 15 is 0 Å². The number of pyridine rings is 1. The quantitative estimate of drug-likeness (QED) is 0.391. The Kier molecular flexibility index (Phi) is 5.20. The minimum Gasteiger partial charge on any atom is -0.508 e. The lowest BCUT2D eigenvalue weighted by Crippen LogP contribution is -2.12. The lowest BCUT2D eigenvalue weighted by Gasteiger charge is -2.15. The summed E-state index contributed by atoms with van der Waals surface area (Å²) in [7, 11) is -1.17. The molecule has 6 nitrogen and oxygen atoms in total. The van der Waals surface area contributed by atoms with E-state index in [-0.39, 0.29) is 5.75 Å². The summed E-state index contributed by atoms with van der Waals surface area (Å²) in [4.78, 5) is 5.03. The summed E-state index contributed by atoms with van der Waals surface area (Å²) in [6.45, 7) is 0. The summed E-state index contributed by atoms with van der Waals surface area (Å²) in [5, 5.41) is 14.0. The molecular weight excluding hydrogens is 398 g/mol. The van der Waals surface area contributed by atoms with Crippen LogP contribution in [0, 0.1) is 0 Å². The van der Waals surface area contributed by atoms with Crippen LogP contribution in [0.5, 0.6) is 11.5 Å². The first-order valence-electron chi connectivity index (χ1n) is 9.18. The Labute approximate surface area is 175 Å². The third kappa shape index (κ3) is 4.16. The number of nitrogens with one attached hydrogen (secondary N) is 2. The molecule has 152 valence electrons. The van der Waals surface area contributed by atoms with Crippen molar-refractivity contribution in [3.05, 3.63) is 79.0 Å². The summed E-state index contributed by atoms with van der Waals surface area (Å²) < 4.78 is 21.3. The van der Waals surface area contributed by atoms with E-state index in [4.69, 9.17) is 4.74 Å². The molecule has 0 radical (unpaired) electrons. The fourth-order valence-electron chi connectivity index (χ4n) is 3.14. The first-order valence-corrected chi connectivity index (χ1v) is 10.9. The van der Waals surface area contributed by atoms with Crippen LogP contribution in [0.25, 0.3) is 10.9 Å². The molecule has 0 aliphatic rings. The lowest BCUT2D eigenvalue weighted by atomic mass is 10.1. The average molecular weight is 420 g/mol. The summed E-state index contributed by atoms with van der Waals surface area (Å²) in [5.74, 6) is 4.51. The van der Waals surface area contributed by atoms with Gasteiger partial charge in [-0.3, -0.25) is 4.98 Å². The van der Waals surface area contributed by atoms with Gasteiger partial charge in [0, 0.05) is 51.7 Å². The molecule has 4 rings (SSSR count). The number of nitrogens with zero attached hydrogens (tertiary/aromatic N) is 1. The predicted octanol–water partition coefficient (Wildman–Crippen LogP) is 4.80. The van der Waals surface area contributed by atoms with Gasteiger partial charge >= 0.3 is 0 Å². The number of aromatic hydroxyl groups is 1. The van der Waals surface area contributed by atoms with E-state index in [0.717, 1.165) is 16.6 Å². The Morgan fingerprint density at radius 1 is 1.00 bits per heavy atom. The second-order valence-electron chi connectivity index (χ2n) is 6.73. The largest absolute Gasteiger partial charge is 0.508 e. The molecule has 1 aromatic heterocycles. The Balaban J connectivity index is 1.70. The number of methoxy groups -OCH3 is 1. The predicted molar refractivity (Wildman–Crippen MR) is 123 cm³/mol. The number of fused-ring (bicyclic) bond motifs is 1. The summed E-state index contributed by atoms with van der Waals surface area (Å²) >= 11 is 0. The van der Waals surface area contributed by atoms with Gasteiger partial charge < -0.3 is 19.9 Å². The number of hydrogen-bond acceptors (Lipinski definition) is 5.